The Balaban J connectivity index is 1.38. The molecule has 2 aliphatic rings. The fourth-order valence-electron chi connectivity index (χ4n) is 4.87. The van der Waals surface area contributed by atoms with Crippen LogP contribution in [0.25, 0.3) is 0 Å². The molecule has 0 radical (unpaired) electrons. The highest BCUT2D eigenvalue weighted by Crippen LogP contribution is 2.39. The molecule has 7 nitrogen and oxygen atoms in total. The van der Waals surface area contributed by atoms with Gasteiger partial charge in [-0.15, -0.1) is 0 Å². The van der Waals surface area contributed by atoms with Crippen LogP contribution in [-0.4, -0.2) is 54.9 Å². The molecule has 3 aromatic carbocycles. The fourth-order valence-corrected chi connectivity index (χ4v) is 4.87. The maximum atomic E-state index is 14.2. The minimum absolute atomic E-state index is 0.0304. The van der Waals surface area contributed by atoms with E-state index < -0.39 is 46.8 Å². The van der Waals surface area contributed by atoms with Crippen LogP contribution in [0.3, 0.4) is 0 Å². The number of hydrogen-bond donors (Lipinski definition) is 2. The summed E-state index contributed by atoms with van der Waals surface area (Å²) in [7, 11) is 0. The summed E-state index contributed by atoms with van der Waals surface area (Å²) in [6.45, 7) is 3.25. The monoisotopic (exact) mass is 578 g/mol. The summed E-state index contributed by atoms with van der Waals surface area (Å²) in [6.07, 6.45) is -0.980. The zero-order valence-electron chi connectivity index (χ0n) is 21.7. The van der Waals surface area contributed by atoms with Gasteiger partial charge in [0.15, 0.2) is 29.6 Å². The minimum atomic E-state index is -2.35. The zero-order valence-corrected chi connectivity index (χ0v) is 21.7. The number of ether oxygens (including phenoxy) is 3. The van der Waals surface area contributed by atoms with Crippen molar-refractivity contribution in [2.45, 2.75) is 31.5 Å². The highest BCUT2D eigenvalue weighted by Gasteiger charge is 2.34. The van der Waals surface area contributed by atoms with Crippen LogP contribution in [0.2, 0.25) is 0 Å². The van der Waals surface area contributed by atoms with Gasteiger partial charge >= 0.3 is 0 Å². The van der Waals surface area contributed by atoms with E-state index in [9.17, 15) is 31.9 Å². The number of aliphatic hydroxyl groups excluding tert-OH is 1. The van der Waals surface area contributed by atoms with Crippen LogP contribution in [0, 0.1) is 29.1 Å². The Morgan fingerprint density at radius 2 is 1.54 bits per heavy atom. The van der Waals surface area contributed by atoms with Crippen LogP contribution in [0.5, 0.6) is 0 Å². The van der Waals surface area contributed by atoms with Gasteiger partial charge in [-0.25, -0.2) is 22.0 Å². The zero-order chi connectivity index (χ0) is 29.1. The predicted octanol–water partition coefficient (Wildman–Crippen LogP) is 5.00. The van der Waals surface area contributed by atoms with Gasteiger partial charge in [-0.3, -0.25) is 9.69 Å². The first kappa shape index (κ1) is 29.1. The SMILES string of the molecule is O=C(Nc1cccc([C@H]2O[C@@H](CN3CCOCC3)C[C@@H](c3ccc(CO)cc3)O2)c1)c1c(F)c(F)c(F)c(F)c1F. The smallest absolute Gasteiger partial charge is 0.261 e. The summed E-state index contributed by atoms with van der Waals surface area (Å²) < 4.78 is 87.0. The average Bonchev–Trinajstić information content (AvgIpc) is 2.99. The first-order valence-electron chi connectivity index (χ1n) is 13.0. The number of morpholine rings is 1. The summed E-state index contributed by atoms with van der Waals surface area (Å²) in [5.41, 5.74) is 0.526. The molecule has 2 saturated heterocycles. The molecule has 1 amide bonds. The average molecular weight is 579 g/mol. The molecule has 0 saturated carbocycles. The van der Waals surface area contributed by atoms with Crippen molar-refractivity contribution in [2.24, 2.45) is 0 Å². The predicted molar refractivity (Wildman–Crippen MR) is 136 cm³/mol. The number of aliphatic hydroxyl groups is 1. The summed E-state index contributed by atoms with van der Waals surface area (Å²) in [5.74, 6) is -12.7. The summed E-state index contributed by atoms with van der Waals surface area (Å²) in [6, 6.07) is 13.4. The van der Waals surface area contributed by atoms with Crippen molar-refractivity contribution in [3.63, 3.8) is 0 Å². The van der Waals surface area contributed by atoms with E-state index in [1.54, 1.807) is 18.2 Å². The van der Waals surface area contributed by atoms with Crippen LogP contribution in [-0.2, 0) is 20.8 Å². The van der Waals surface area contributed by atoms with Crippen LogP contribution in [0.15, 0.2) is 48.5 Å². The van der Waals surface area contributed by atoms with Gasteiger partial charge in [-0.05, 0) is 23.3 Å². The van der Waals surface area contributed by atoms with Crippen LogP contribution in [0.4, 0.5) is 27.6 Å². The maximum Gasteiger partial charge on any atom is 0.261 e. The molecular weight excluding hydrogens is 551 g/mol. The number of rotatable bonds is 7. The van der Waals surface area contributed by atoms with Crippen molar-refractivity contribution in [1.82, 2.24) is 4.90 Å². The molecular formula is C29H27F5N2O5. The molecule has 2 fully saturated rings. The lowest BCUT2D eigenvalue weighted by atomic mass is 9.99. The molecule has 0 aliphatic carbocycles. The molecule has 5 rings (SSSR count). The molecule has 2 heterocycles. The number of nitrogens with zero attached hydrogens (tertiary/aromatic N) is 1. The molecule has 3 atom stereocenters. The summed E-state index contributed by atoms with van der Waals surface area (Å²) in [4.78, 5) is 14.8. The Kier molecular flexibility index (Phi) is 8.95. The molecule has 0 unspecified atom stereocenters. The second-order valence-corrected chi connectivity index (χ2v) is 9.79. The second-order valence-electron chi connectivity index (χ2n) is 9.79. The highest BCUT2D eigenvalue weighted by atomic mass is 19.2. The van der Waals surface area contributed by atoms with Gasteiger partial charge in [-0.1, -0.05) is 36.4 Å². The number of carbonyl (C=O) groups is 1. The largest absolute Gasteiger partial charge is 0.392 e. The van der Waals surface area contributed by atoms with E-state index in [1.807, 2.05) is 12.1 Å². The molecule has 218 valence electrons. The Hall–Kier alpha value is -3.42. The van der Waals surface area contributed by atoms with E-state index in [4.69, 9.17) is 14.2 Å². The van der Waals surface area contributed by atoms with Gasteiger partial charge in [0.1, 0.15) is 5.56 Å². The maximum absolute atomic E-state index is 14.2. The normalized spacial score (nSPS) is 21.6. The number of hydrogen-bond acceptors (Lipinski definition) is 6. The van der Waals surface area contributed by atoms with E-state index in [0.717, 1.165) is 24.2 Å². The molecule has 0 bridgehead atoms. The standard InChI is InChI=1S/C29H27F5N2O5/c30-23-22(24(31)26(33)27(34)25(23)32)28(38)35-19-3-1-2-18(12-19)29-40-20(14-36-8-10-39-11-9-36)13-21(41-29)17-6-4-16(15-37)5-7-17/h1-7,12,20-21,29,37H,8-11,13-15H2,(H,35,38)/t20-,21+,29+/m1/s1. The van der Waals surface area contributed by atoms with Crippen LogP contribution >= 0.6 is 0 Å². The van der Waals surface area contributed by atoms with Crippen molar-refractivity contribution in [2.75, 3.05) is 38.2 Å². The van der Waals surface area contributed by atoms with Crippen molar-refractivity contribution in [1.29, 1.82) is 0 Å². The Morgan fingerprint density at radius 3 is 2.20 bits per heavy atom. The van der Waals surface area contributed by atoms with Gasteiger partial charge in [0.05, 0.1) is 32.0 Å². The third kappa shape index (κ3) is 6.41. The Morgan fingerprint density at radius 1 is 0.878 bits per heavy atom. The molecule has 41 heavy (non-hydrogen) atoms. The highest BCUT2D eigenvalue weighted by molar-refractivity contribution is 6.04. The Labute approximate surface area is 232 Å². The summed E-state index contributed by atoms with van der Waals surface area (Å²) >= 11 is 0. The van der Waals surface area contributed by atoms with Gasteiger partial charge < -0.3 is 24.6 Å². The van der Waals surface area contributed by atoms with Crippen molar-refractivity contribution in [3.8, 4) is 0 Å². The number of amides is 1. The molecule has 2 aliphatic heterocycles. The molecule has 0 spiro atoms. The number of carbonyl (C=O) groups excluding carboxylic acids is 1. The molecule has 2 N–H and O–H groups in total. The fraction of sp³-hybridized carbons (Fsp3) is 0.345. The van der Waals surface area contributed by atoms with Gasteiger partial charge in [0.2, 0.25) is 5.82 Å². The first-order chi connectivity index (χ1) is 19.7. The number of benzene rings is 3. The van der Waals surface area contributed by atoms with Crippen molar-refractivity contribution >= 4 is 11.6 Å². The number of anilines is 1. The van der Waals surface area contributed by atoms with Crippen LogP contribution < -0.4 is 5.32 Å². The third-order valence-electron chi connectivity index (χ3n) is 7.03. The van der Waals surface area contributed by atoms with E-state index in [2.05, 4.69) is 10.2 Å². The second kappa shape index (κ2) is 12.6. The molecule has 3 aromatic rings. The lowest BCUT2D eigenvalue weighted by Crippen LogP contribution is -2.44. The topological polar surface area (TPSA) is 80.3 Å². The minimum Gasteiger partial charge on any atom is -0.392 e. The molecule has 0 aromatic heterocycles. The van der Waals surface area contributed by atoms with E-state index >= 15 is 0 Å². The van der Waals surface area contributed by atoms with E-state index in [0.29, 0.717) is 31.7 Å². The van der Waals surface area contributed by atoms with E-state index in [1.165, 1.54) is 18.2 Å². The van der Waals surface area contributed by atoms with Gasteiger partial charge in [0, 0.05) is 37.3 Å². The first-order valence-corrected chi connectivity index (χ1v) is 13.0. The summed E-state index contributed by atoms with van der Waals surface area (Å²) in [5, 5.41) is 11.6. The molecule has 12 heteroatoms. The van der Waals surface area contributed by atoms with Crippen molar-refractivity contribution in [3.05, 3.63) is 99.9 Å². The lowest BCUT2D eigenvalue weighted by Gasteiger charge is -2.39. The van der Waals surface area contributed by atoms with Crippen molar-refractivity contribution < 1.29 is 46.1 Å². The quantitative estimate of drug-likeness (QED) is 0.233. The lowest BCUT2D eigenvalue weighted by molar-refractivity contribution is -0.253. The van der Waals surface area contributed by atoms with Crippen LogP contribution in [0.1, 0.15) is 45.9 Å². The van der Waals surface area contributed by atoms with Gasteiger partial charge in [-0.2, -0.15) is 0 Å². The third-order valence-corrected chi connectivity index (χ3v) is 7.03. The van der Waals surface area contributed by atoms with E-state index in [-0.39, 0.29) is 24.5 Å². The Bertz CT molecular complexity index is 1370. The number of nitrogens with one attached hydrogen (secondary N) is 1. The van der Waals surface area contributed by atoms with Gasteiger partial charge in [0.25, 0.3) is 5.91 Å². The number of halogens is 5.